The van der Waals surface area contributed by atoms with Crippen LogP contribution in [0.15, 0.2) is 45.6 Å². The van der Waals surface area contributed by atoms with Gasteiger partial charge in [-0.1, -0.05) is 34.1 Å². The number of aromatic nitrogens is 1. The molecule has 3 rings (SSSR count). The monoisotopic (exact) mass is 335 g/mol. The van der Waals surface area contributed by atoms with E-state index in [1.54, 1.807) is 31.2 Å². The topological polar surface area (TPSA) is 46.0 Å². The predicted octanol–water partition coefficient (Wildman–Crippen LogP) is 4.05. The van der Waals surface area contributed by atoms with Gasteiger partial charge in [-0.2, -0.15) is 0 Å². The minimum absolute atomic E-state index is 0.0913. The summed E-state index contributed by atoms with van der Waals surface area (Å²) in [6.45, 7) is 1.73. The van der Waals surface area contributed by atoms with Crippen LogP contribution in [-0.2, 0) is 0 Å². The Hall–Kier alpha value is -1.88. The zero-order valence-electron chi connectivity index (χ0n) is 10.6. The van der Waals surface area contributed by atoms with Crippen LogP contribution in [0, 0.1) is 12.7 Å². The first-order valence-corrected chi connectivity index (χ1v) is 6.99. The van der Waals surface area contributed by atoms with E-state index in [-0.39, 0.29) is 10.6 Å². The molecule has 0 amide bonds. The highest BCUT2D eigenvalue weighted by atomic mass is 79.9. The molecular weight excluding hydrogens is 325 g/mol. The number of halogens is 2. The van der Waals surface area contributed by atoms with Crippen molar-refractivity contribution in [1.82, 2.24) is 4.98 Å². The average Bonchev–Trinajstić information content (AvgIpc) is 2.80. The maximum absolute atomic E-state index is 13.3. The highest BCUT2D eigenvalue weighted by molar-refractivity contribution is 9.09. The molecule has 0 aliphatic rings. The zero-order chi connectivity index (χ0) is 14.3. The molecule has 0 aliphatic carbocycles. The molecule has 1 atom stereocenters. The van der Waals surface area contributed by atoms with Crippen LogP contribution in [0.5, 0.6) is 0 Å². The van der Waals surface area contributed by atoms with E-state index in [1.807, 2.05) is 6.07 Å². The molecule has 3 nitrogen and oxygen atoms in total. The highest BCUT2D eigenvalue weighted by Crippen LogP contribution is 2.32. The summed E-state index contributed by atoms with van der Waals surface area (Å²) in [5, 5.41) is 0. The number of benzene rings is 2. The van der Waals surface area contributed by atoms with Gasteiger partial charge in [0.15, 0.2) is 5.58 Å². The summed E-state index contributed by atoms with van der Waals surface area (Å²) in [7, 11) is 0. The van der Waals surface area contributed by atoms with Crippen LogP contribution in [0.4, 0.5) is 4.39 Å². The second kappa shape index (κ2) is 4.90. The molecule has 0 spiro atoms. The summed E-state index contributed by atoms with van der Waals surface area (Å²) in [4.78, 5) is 13.6. The highest BCUT2D eigenvalue weighted by Gasteiger charge is 2.13. The molecule has 102 valence electrons. The standard InChI is InChI=1S/C15H11BrFNO2/c1-8-6-9(2-4-11(8)17)14(16)10-3-5-12-13(7-10)20-15(19)18-12/h2-7,14H,1H3,(H,18,19). The van der Waals surface area contributed by atoms with Crippen molar-refractivity contribution in [2.24, 2.45) is 0 Å². The molecule has 20 heavy (non-hydrogen) atoms. The number of rotatable bonds is 2. The molecule has 0 fully saturated rings. The van der Waals surface area contributed by atoms with Crippen molar-refractivity contribution < 1.29 is 8.81 Å². The summed E-state index contributed by atoms with van der Waals surface area (Å²) in [6.07, 6.45) is 0. The number of aromatic amines is 1. The maximum atomic E-state index is 13.3. The smallest absolute Gasteiger partial charge is 0.408 e. The SMILES string of the molecule is Cc1cc(C(Br)c2ccc3[nH]c(=O)oc3c2)ccc1F. The Labute approximate surface area is 122 Å². The van der Waals surface area contributed by atoms with E-state index in [0.29, 0.717) is 16.7 Å². The van der Waals surface area contributed by atoms with E-state index in [1.165, 1.54) is 6.07 Å². The Morgan fingerprint density at radius 2 is 1.90 bits per heavy atom. The Kier molecular flexibility index (Phi) is 3.22. The first-order valence-electron chi connectivity index (χ1n) is 6.07. The number of nitrogens with one attached hydrogen (secondary N) is 1. The van der Waals surface area contributed by atoms with Gasteiger partial charge in [-0.05, 0) is 41.8 Å². The first kappa shape index (κ1) is 13.1. The van der Waals surface area contributed by atoms with E-state index in [9.17, 15) is 9.18 Å². The van der Waals surface area contributed by atoms with Gasteiger partial charge < -0.3 is 4.42 Å². The average molecular weight is 336 g/mol. The number of aryl methyl sites for hydroxylation is 1. The van der Waals surface area contributed by atoms with E-state index < -0.39 is 5.76 Å². The van der Waals surface area contributed by atoms with Gasteiger partial charge in [-0.3, -0.25) is 4.98 Å². The molecule has 0 bridgehead atoms. The number of fused-ring (bicyclic) bond motifs is 1. The van der Waals surface area contributed by atoms with Crippen LogP contribution in [-0.4, -0.2) is 4.98 Å². The summed E-state index contributed by atoms with van der Waals surface area (Å²) < 4.78 is 18.4. The fourth-order valence-electron chi connectivity index (χ4n) is 2.14. The summed E-state index contributed by atoms with van der Waals surface area (Å²) in [5.74, 6) is -0.693. The number of H-pyrrole nitrogens is 1. The van der Waals surface area contributed by atoms with Crippen molar-refractivity contribution in [2.45, 2.75) is 11.8 Å². The second-order valence-corrected chi connectivity index (χ2v) is 5.56. The number of hydrogen-bond donors (Lipinski definition) is 1. The van der Waals surface area contributed by atoms with Crippen molar-refractivity contribution in [3.05, 3.63) is 69.5 Å². The van der Waals surface area contributed by atoms with Gasteiger partial charge in [0.2, 0.25) is 0 Å². The van der Waals surface area contributed by atoms with Crippen LogP contribution in [0.25, 0.3) is 11.1 Å². The van der Waals surface area contributed by atoms with Gasteiger partial charge in [0, 0.05) is 0 Å². The van der Waals surface area contributed by atoms with E-state index >= 15 is 0 Å². The number of hydrogen-bond acceptors (Lipinski definition) is 2. The molecule has 1 unspecified atom stereocenters. The summed E-state index contributed by atoms with van der Waals surface area (Å²) in [6, 6.07) is 10.5. The van der Waals surface area contributed by atoms with Crippen molar-refractivity contribution in [3.8, 4) is 0 Å². The van der Waals surface area contributed by atoms with E-state index in [0.717, 1.165) is 11.1 Å². The van der Waals surface area contributed by atoms with E-state index in [4.69, 9.17) is 4.42 Å². The van der Waals surface area contributed by atoms with Crippen molar-refractivity contribution in [2.75, 3.05) is 0 Å². The third-order valence-corrected chi connectivity index (χ3v) is 4.27. The lowest BCUT2D eigenvalue weighted by molar-refractivity contribution is 0.555. The lowest BCUT2D eigenvalue weighted by Crippen LogP contribution is -1.94. The van der Waals surface area contributed by atoms with Gasteiger partial charge in [-0.25, -0.2) is 9.18 Å². The third-order valence-electron chi connectivity index (χ3n) is 3.21. The summed E-state index contributed by atoms with van der Waals surface area (Å²) in [5.41, 5.74) is 3.65. The largest absolute Gasteiger partial charge is 0.417 e. The minimum atomic E-state index is -0.471. The van der Waals surface area contributed by atoms with E-state index in [2.05, 4.69) is 20.9 Å². The van der Waals surface area contributed by atoms with Gasteiger partial charge in [-0.15, -0.1) is 0 Å². The van der Waals surface area contributed by atoms with Gasteiger partial charge in [0.25, 0.3) is 0 Å². The molecule has 5 heteroatoms. The minimum Gasteiger partial charge on any atom is -0.408 e. The molecule has 1 N–H and O–H groups in total. The lowest BCUT2D eigenvalue weighted by Gasteiger charge is -2.11. The molecule has 0 aliphatic heterocycles. The molecule has 2 aromatic carbocycles. The molecule has 1 aromatic heterocycles. The van der Waals surface area contributed by atoms with Crippen molar-refractivity contribution >= 4 is 27.0 Å². The third kappa shape index (κ3) is 2.29. The first-order chi connectivity index (χ1) is 9.54. The van der Waals surface area contributed by atoms with Gasteiger partial charge >= 0.3 is 5.76 Å². The molecular formula is C15H11BrFNO2. The van der Waals surface area contributed by atoms with Crippen LogP contribution in [0.3, 0.4) is 0 Å². The quantitative estimate of drug-likeness (QED) is 0.718. The van der Waals surface area contributed by atoms with Crippen LogP contribution >= 0.6 is 15.9 Å². The fourth-order valence-corrected chi connectivity index (χ4v) is 2.71. The predicted molar refractivity (Wildman–Crippen MR) is 78.7 cm³/mol. The van der Waals surface area contributed by atoms with Crippen molar-refractivity contribution in [1.29, 1.82) is 0 Å². The van der Waals surface area contributed by atoms with Crippen molar-refractivity contribution in [3.63, 3.8) is 0 Å². The van der Waals surface area contributed by atoms with Crippen LogP contribution in [0.1, 0.15) is 21.5 Å². The molecule has 0 radical (unpaired) electrons. The molecule has 0 saturated carbocycles. The maximum Gasteiger partial charge on any atom is 0.417 e. The Morgan fingerprint density at radius 3 is 2.65 bits per heavy atom. The molecule has 1 heterocycles. The van der Waals surface area contributed by atoms with Gasteiger partial charge in [0.05, 0.1) is 10.3 Å². The molecule has 0 saturated heterocycles. The normalized spacial score (nSPS) is 12.8. The zero-order valence-corrected chi connectivity index (χ0v) is 12.2. The Bertz CT molecular complexity index is 837. The van der Waals surface area contributed by atoms with Crippen LogP contribution in [0.2, 0.25) is 0 Å². The van der Waals surface area contributed by atoms with Crippen LogP contribution < -0.4 is 5.76 Å². The Balaban J connectivity index is 2.04. The number of oxazole rings is 1. The van der Waals surface area contributed by atoms with Gasteiger partial charge in [0.1, 0.15) is 5.82 Å². The fraction of sp³-hybridized carbons (Fsp3) is 0.133. The molecule has 3 aromatic rings. The summed E-state index contributed by atoms with van der Waals surface area (Å²) >= 11 is 3.59. The second-order valence-electron chi connectivity index (χ2n) is 4.64. The lowest BCUT2D eigenvalue weighted by atomic mass is 10.0. The Morgan fingerprint density at radius 1 is 1.20 bits per heavy atom. The number of alkyl halides is 1.